The quantitative estimate of drug-likeness (QED) is 0.647. The molecular weight excluding hydrogens is 202 g/mol. The number of hydrogen-bond acceptors (Lipinski definition) is 3. The van der Waals surface area contributed by atoms with Crippen LogP contribution in [0.1, 0.15) is 58.3 Å². The minimum Gasteiger partial charge on any atom is -0.464 e. The largest absolute Gasteiger partial charge is 0.464 e. The van der Waals surface area contributed by atoms with Crippen LogP contribution < -0.4 is 5.32 Å². The molecule has 0 radical (unpaired) electrons. The number of hydrogen-bond donors (Lipinski definition) is 1. The molecule has 0 aromatic rings. The van der Waals surface area contributed by atoms with Crippen molar-refractivity contribution in [1.29, 1.82) is 0 Å². The summed E-state index contributed by atoms with van der Waals surface area (Å²) >= 11 is 0. The van der Waals surface area contributed by atoms with Gasteiger partial charge in [0.15, 0.2) is 0 Å². The Balaban J connectivity index is 2.21. The number of rotatable bonds is 0. The maximum absolute atomic E-state index is 11.3. The molecule has 0 saturated carbocycles. The molecule has 0 aromatic heterocycles. The Morgan fingerprint density at radius 1 is 1.12 bits per heavy atom. The summed E-state index contributed by atoms with van der Waals surface area (Å²) in [5, 5.41) is 3.38. The van der Waals surface area contributed by atoms with Crippen molar-refractivity contribution in [1.82, 2.24) is 5.32 Å². The molecule has 1 N–H and O–H groups in total. The minimum absolute atomic E-state index is 0.0356. The third-order valence-corrected chi connectivity index (χ3v) is 3.13. The zero-order chi connectivity index (χ0) is 11.6. The number of nitrogens with one attached hydrogen (secondary N) is 1. The number of carbonyl (C=O) groups excluding carboxylic acids is 1. The van der Waals surface area contributed by atoms with Crippen molar-refractivity contribution in [3.63, 3.8) is 0 Å². The van der Waals surface area contributed by atoms with Gasteiger partial charge in [0, 0.05) is 19.0 Å². The SMILES string of the molecule is CC1CCCCCCCCC(=O)OCCN1. The van der Waals surface area contributed by atoms with E-state index in [0.29, 0.717) is 19.1 Å². The fourth-order valence-corrected chi connectivity index (χ4v) is 2.07. The Bertz CT molecular complexity index is 194. The monoisotopic (exact) mass is 227 g/mol. The van der Waals surface area contributed by atoms with E-state index >= 15 is 0 Å². The van der Waals surface area contributed by atoms with Crippen molar-refractivity contribution in [3.05, 3.63) is 0 Å². The van der Waals surface area contributed by atoms with Gasteiger partial charge in [-0.25, -0.2) is 0 Å². The first kappa shape index (κ1) is 13.5. The van der Waals surface area contributed by atoms with E-state index in [9.17, 15) is 4.79 Å². The van der Waals surface area contributed by atoms with Crippen LogP contribution in [0.25, 0.3) is 0 Å². The molecule has 0 spiro atoms. The smallest absolute Gasteiger partial charge is 0.305 e. The van der Waals surface area contributed by atoms with Gasteiger partial charge in [0.2, 0.25) is 0 Å². The Kier molecular flexibility index (Phi) is 7.23. The molecule has 3 nitrogen and oxygen atoms in total. The molecule has 0 aliphatic carbocycles. The second kappa shape index (κ2) is 8.57. The highest BCUT2D eigenvalue weighted by atomic mass is 16.5. The van der Waals surface area contributed by atoms with Gasteiger partial charge in [-0.05, 0) is 19.8 Å². The molecule has 1 aliphatic heterocycles. The second-order valence-corrected chi connectivity index (χ2v) is 4.74. The minimum atomic E-state index is -0.0356. The average molecular weight is 227 g/mol. The first-order valence-corrected chi connectivity index (χ1v) is 6.68. The predicted molar refractivity (Wildman–Crippen MR) is 65.4 cm³/mol. The molecule has 0 bridgehead atoms. The number of ether oxygens (including phenoxy) is 1. The fourth-order valence-electron chi connectivity index (χ4n) is 2.07. The van der Waals surface area contributed by atoms with Crippen LogP contribution >= 0.6 is 0 Å². The first-order chi connectivity index (χ1) is 7.79. The van der Waals surface area contributed by atoms with Crippen molar-refractivity contribution in [2.75, 3.05) is 13.2 Å². The molecule has 1 aliphatic rings. The highest BCUT2D eigenvalue weighted by Gasteiger charge is 2.05. The summed E-state index contributed by atoms with van der Waals surface area (Å²) in [5.74, 6) is -0.0356. The Labute approximate surface area is 98.9 Å². The second-order valence-electron chi connectivity index (χ2n) is 4.74. The third kappa shape index (κ3) is 6.83. The third-order valence-electron chi connectivity index (χ3n) is 3.13. The summed E-state index contributed by atoms with van der Waals surface area (Å²) in [4.78, 5) is 11.3. The molecule has 0 aromatic carbocycles. The summed E-state index contributed by atoms with van der Waals surface area (Å²) < 4.78 is 5.13. The van der Waals surface area contributed by atoms with E-state index in [1.807, 2.05) is 0 Å². The number of carbonyl (C=O) groups is 1. The van der Waals surface area contributed by atoms with Crippen LogP contribution in [-0.4, -0.2) is 25.2 Å². The van der Waals surface area contributed by atoms with Crippen molar-refractivity contribution >= 4 is 5.97 Å². The molecule has 3 heteroatoms. The van der Waals surface area contributed by atoms with Crippen molar-refractivity contribution in [3.8, 4) is 0 Å². The fraction of sp³-hybridized carbons (Fsp3) is 0.923. The zero-order valence-electron chi connectivity index (χ0n) is 10.5. The van der Waals surface area contributed by atoms with Crippen LogP contribution in [0.3, 0.4) is 0 Å². The van der Waals surface area contributed by atoms with Gasteiger partial charge in [-0.3, -0.25) is 4.79 Å². The van der Waals surface area contributed by atoms with Crippen LogP contribution in [0.2, 0.25) is 0 Å². The Morgan fingerprint density at radius 2 is 1.81 bits per heavy atom. The number of esters is 1. The highest BCUT2D eigenvalue weighted by Crippen LogP contribution is 2.10. The maximum Gasteiger partial charge on any atom is 0.305 e. The Hall–Kier alpha value is -0.570. The molecule has 1 saturated heterocycles. The van der Waals surface area contributed by atoms with Crippen LogP contribution in [0, 0.1) is 0 Å². The number of cyclic esters (lactones) is 1. The van der Waals surface area contributed by atoms with Crippen LogP contribution in [0.4, 0.5) is 0 Å². The van der Waals surface area contributed by atoms with Crippen molar-refractivity contribution < 1.29 is 9.53 Å². The van der Waals surface area contributed by atoms with E-state index in [-0.39, 0.29) is 5.97 Å². The van der Waals surface area contributed by atoms with E-state index < -0.39 is 0 Å². The average Bonchev–Trinajstić information content (AvgIpc) is 2.27. The molecule has 1 unspecified atom stereocenters. The van der Waals surface area contributed by atoms with Crippen LogP contribution in [0.15, 0.2) is 0 Å². The van der Waals surface area contributed by atoms with Gasteiger partial charge in [-0.15, -0.1) is 0 Å². The molecule has 16 heavy (non-hydrogen) atoms. The van der Waals surface area contributed by atoms with Gasteiger partial charge >= 0.3 is 5.97 Å². The molecular formula is C13H25NO2. The maximum atomic E-state index is 11.3. The van der Waals surface area contributed by atoms with Gasteiger partial charge in [-0.1, -0.05) is 32.1 Å². The summed E-state index contributed by atoms with van der Waals surface area (Å²) in [6.07, 6.45) is 9.19. The lowest BCUT2D eigenvalue weighted by Crippen LogP contribution is -2.30. The highest BCUT2D eigenvalue weighted by molar-refractivity contribution is 5.69. The summed E-state index contributed by atoms with van der Waals surface area (Å²) in [6.45, 7) is 3.50. The van der Waals surface area contributed by atoms with Crippen molar-refractivity contribution in [2.45, 2.75) is 64.3 Å². The van der Waals surface area contributed by atoms with Gasteiger partial charge < -0.3 is 10.1 Å². The summed E-state index contributed by atoms with van der Waals surface area (Å²) in [6, 6.07) is 0.543. The normalized spacial score (nSPS) is 26.8. The molecule has 1 atom stereocenters. The molecule has 94 valence electrons. The van der Waals surface area contributed by atoms with Crippen LogP contribution in [-0.2, 0) is 9.53 Å². The summed E-state index contributed by atoms with van der Waals surface area (Å²) in [7, 11) is 0. The van der Waals surface area contributed by atoms with Gasteiger partial charge in [0.1, 0.15) is 6.61 Å². The zero-order valence-corrected chi connectivity index (χ0v) is 10.5. The standard InChI is InChI=1S/C13H25NO2/c1-12-8-6-4-2-3-5-7-9-13(15)16-11-10-14-12/h12,14H,2-11H2,1H3. The first-order valence-electron chi connectivity index (χ1n) is 6.68. The van der Waals surface area contributed by atoms with Gasteiger partial charge in [0.05, 0.1) is 0 Å². The Morgan fingerprint density at radius 3 is 2.62 bits per heavy atom. The van der Waals surface area contributed by atoms with Gasteiger partial charge in [0.25, 0.3) is 0 Å². The lowest BCUT2D eigenvalue weighted by atomic mass is 10.1. The molecule has 1 heterocycles. The van der Waals surface area contributed by atoms with E-state index in [2.05, 4.69) is 12.2 Å². The van der Waals surface area contributed by atoms with E-state index in [0.717, 1.165) is 13.0 Å². The summed E-state index contributed by atoms with van der Waals surface area (Å²) in [5.41, 5.74) is 0. The lowest BCUT2D eigenvalue weighted by Gasteiger charge is -2.14. The van der Waals surface area contributed by atoms with Crippen LogP contribution in [0.5, 0.6) is 0 Å². The lowest BCUT2D eigenvalue weighted by molar-refractivity contribution is -0.143. The van der Waals surface area contributed by atoms with Crippen molar-refractivity contribution in [2.24, 2.45) is 0 Å². The molecule has 0 amide bonds. The van der Waals surface area contributed by atoms with E-state index in [4.69, 9.17) is 4.74 Å². The van der Waals surface area contributed by atoms with Gasteiger partial charge in [-0.2, -0.15) is 0 Å². The predicted octanol–water partition coefficient (Wildman–Crippen LogP) is 2.64. The molecule has 1 fully saturated rings. The molecule has 1 rings (SSSR count). The topological polar surface area (TPSA) is 38.3 Å². The van der Waals surface area contributed by atoms with E-state index in [1.54, 1.807) is 0 Å². The van der Waals surface area contributed by atoms with E-state index in [1.165, 1.54) is 38.5 Å².